The second-order valence-corrected chi connectivity index (χ2v) is 13.0. The smallest absolute Gasteiger partial charge is 0.408 e. The summed E-state index contributed by atoms with van der Waals surface area (Å²) in [6, 6.07) is -2.40. The fourth-order valence-electron chi connectivity index (χ4n) is 3.89. The second-order valence-electron chi connectivity index (χ2n) is 13.0. The van der Waals surface area contributed by atoms with Gasteiger partial charge in [0.15, 0.2) is 0 Å². The van der Waals surface area contributed by atoms with Crippen LogP contribution in [0, 0.1) is 11.8 Å². The lowest BCUT2D eigenvalue weighted by Crippen LogP contribution is -2.68. The highest BCUT2D eigenvalue weighted by Gasteiger charge is 2.51. The second kappa shape index (κ2) is 16.3. The zero-order valence-corrected chi connectivity index (χ0v) is 27.2. The molecule has 3 atom stereocenters. The normalized spacial score (nSPS) is 14.6. The molecule has 0 heterocycles. The SMILES string of the molecule is COC(=O)[C@H](CC(C)C)NC(=O)C(CCC(=O)OC(C)(C)C)(NC(=O)[C@H](CC(C)C)NC(=O)OC(C)(C)C)C(=O)OC. The standard InChI is InChI=1S/C29H51N3O10/c1-17(2)15-19(31-26(38)42-28(8,9)10)22(34)32-29(25(37)40-12,14-13-21(33)41-27(5,6)7)24(36)30-20(16-18(3)4)23(35)39-11/h17-20H,13-16H2,1-12H3,(H,30,36)(H,31,38)(H,32,34)/t19-,20-,29?/m0/s1. The minimum absolute atomic E-state index is 0.0632. The Morgan fingerprint density at radius 2 is 1.19 bits per heavy atom. The maximum Gasteiger partial charge on any atom is 0.408 e. The molecule has 0 spiro atoms. The van der Waals surface area contributed by atoms with Crippen LogP contribution in [0.5, 0.6) is 0 Å². The fraction of sp³-hybridized carbons (Fsp3) is 0.793. The van der Waals surface area contributed by atoms with E-state index in [4.69, 9.17) is 18.9 Å². The van der Waals surface area contributed by atoms with E-state index in [-0.39, 0.29) is 24.7 Å². The number of esters is 3. The highest BCUT2D eigenvalue weighted by Crippen LogP contribution is 2.21. The van der Waals surface area contributed by atoms with Gasteiger partial charge >= 0.3 is 24.0 Å². The molecule has 13 heteroatoms. The first-order valence-corrected chi connectivity index (χ1v) is 14.1. The number of carbonyl (C=O) groups is 6. The third-order valence-electron chi connectivity index (χ3n) is 5.59. The molecule has 3 N–H and O–H groups in total. The van der Waals surface area contributed by atoms with Gasteiger partial charge in [-0.25, -0.2) is 14.4 Å². The average molecular weight is 602 g/mol. The van der Waals surface area contributed by atoms with Crippen molar-refractivity contribution < 1.29 is 47.7 Å². The largest absolute Gasteiger partial charge is 0.467 e. The van der Waals surface area contributed by atoms with Crippen LogP contribution in [-0.2, 0) is 42.9 Å². The van der Waals surface area contributed by atoms with Gasteiger partial charge in [0.2, 0.25) is 11.4 Å². The van der Waals surface area contributed by atoms with Gasteiger partial charge < -0.3 is 34.9 Å². The molecule has 0 radical (unpaired) electrons. The summed E-state index contributed by atoms with van der Waals surface area (Å²) in [5, 5.41) is 7.41. The Hall–Kier alpha value is -3.38. The number of hydrogen-bond donors (Lipinski definition) is 3. The fourth-order valence-corrected chi connectivity index (χ4v) is 3.89. The number of methoxy groups -OCH3 is 2. The summed E-state index contributed by atoms with van der Waals surface area (Å²) in [7, 11) is 2.17. The molecule has 0 saturated carbocycles. The molecule has 0 saturated heterocycles. The van der Waals surface area contributed by atoms with Crippen LogP contribution in [0.15, 0.2) is 0 Å². The van der Waals surface area contributed by atoms with Crippen molar-refractivity contribution in [1.82, 2.24) is 16.0 Å². The van der Waals surface area contributed by atoms with Crippen LogP contribution in [0.2, 0.25) is 0 Å². The lowest BCUT2D eigenvalue weighted by atomic mass is 9.89. The third kappa shape index (κ3) is 14.0. The molecule has 0 fully saturated rings. The minimum Gasteiger partial charge on any atom is -0.467 e. The quantitative estimate of drug-likeness (QED) is 0.152. The lowest BCUT2D eigenvalue weighted by molar-refractivity contribution is -0.161. The molecule has 0 aliphatic heterocycles. The van der Waals surface area contributed by atoms with E-state index in [1.54, 1.807) is 41.5 Å². The van der Waals surface area contributed by atoms with E-state index in [9.17, 15) is 28.8 Å². The van der Waals surface area contributed by atoms with Crippen LogP contribution in [0.1, 0.15) is 94.9 Å². The Bertz CT molecular complexity index is 966. The van der Waals surface area contributed by atoms with Crippen LogP contribution in [0.3, 0.4) is 0 Å². The van der Waals surface area contributed by atoms with Crippen molar-refractivity contribution in [3.05, 3.63) is 0 Å². The molecule has 3 amide bonds. The molecule has 0 aromatic heterocycles. The molecular weight excluding hydrogens is 550 g/mol. The number of amides is 3. The van der Waals surface area contributed by atoms with Crippen molar-refractivity contribution in [2.24, 2.45) is 11.8 Å². The van der Waals surface area contributed by atoms with Crippen LogP contribution >= 0.6 is 0 Å². The molecule has 13 nitrogen and oxygen atoms in total. The maximum absolute atomic E-state index is 13.9. The third-order valence-corrected chi connectivity index (χ3v) is 5.59. The zero-order valence-electron chi connectivity index (χ0n) is 27.2. The minimum atomic E-state index is -2.48. The average Bonchev–Trinajstić information content (AvgIpc) is 2.81. The number of carbonyl (C=O) groups excluding carboxylic acids is 6. The zero-order chi connectivity index (χ0) is 33.1. The van der Waals surface area contributed by atoms with Crippen molar-refractivity contribution in [1.29, 1.82) is 0 Å². The van der Waals surface area contributed by atoms with Gasteiger partial charge in [-0.2, -0.15) is 0 Å². The number of nitrogens with one attached hydrogen (secondary N) is 3. The Kier molecular flexibility index (Phi) is 15.0. The summed E-state index contributed by atoms with van der Waals surface area (Å²) in [6.07, 6.45) is -1.64. The summed E-state index contributed by atoms with van der Waals surface area (Å²) in [6.45, 7) is 17.2. The van der Waals surface area contributed by atoms with Crippen molar-refractivity contribution in [2.45, 2.75) is 124 Å². The molecule has 0 aliphatic rings. The monoisotopic (exact) mass is 601 g/mol. The van der Waals surface area contributed by atoms with E-state index in [0.717, 1.165) is 14.2 Å². The predicted octanol–water partition coefficient (Wildman–Crippen LogP) is 2.78. The summed E-state index contributed by atoms with van der Waals surface area (Å²) in [4.78, 5) is 78.5. The number of hydrogen-bond acceptors (Lipinski definition) is 10. The molecule has 1 unspecified atom stereocenters. The van der Waals surface area contributed by atoms with Gasteiger partial charge in [0.1, 0.15) is 23.3 Å². The Labute approximate surface area is 249 Å². The summed E-state index contributed by atoms with van der Waals surface area (Å²) < 4.78 is 20.4. The Balaban J connectivity index is 6.68. The molecule has 0 aromatic carbocycles. The first kappa shape index (κ1) is 38.6. The van der Waals surface area contributed by atoms with E-state index >= 15 is 0 Å². The highest BCUT2D eigenvalue weighted by molar-refractivity contribution is 6.11. The van der Waals surface area contributed by atoms with Crippen molar-refractivity contribution in [2.75, 3.05) is 14.2 Å². The summed E-state index contributed by atoms with van der Waals surface area (Å²) in [5.41, 5.74) is -4.19. The van der Waals surface area contributed by atoms with Crippen LogP contribution in [0.25, 0.3) is 0 Å². The summed E-state index contributed by atoms with van der Waals surface area (Å²) >= 11 is 0. The first-order chi connectivity index (χ1) is 19.1. The maximum atomic E-state index is 13.9. The van der Waals surface area contributed by atoms with E-state index in [1.807, 2.05) is 27.7 Å². The first-order valence-electron chi connectivity index (χ1n) is 14.1. The molecule has 242 valence electrons. The lowest BCUT2D eigenvalue weighted by Gasteiger charge is -2.34. The van der Waals surface area contributed by atoms with Crippen molar-refractivity contribution in [3.8, 4) is 0 Å². The van der Waals surface area contributed by atoms with Gasteiger partial charge in [-0.05, 0) is 66.2 Å². The summed E-state index contributed by atoms with van der Waals surface area (Å²) in [5.74, 6) is -4.86. The molecule has 0 aliphatic carbocycles. The van der Waals surface area contributed by atoms with Gasteiger partial charge in [-0.15, -0.1) is 0 Å². The molecule has 0 aromatic rings. The highest BCUT2D eigenvalue weighted by atomic mass is 16.6. The van der Waals surface area contributed by atoms with Gasteiger partial charge in [0.05, 0.1) is 14.2 Å². The van der Waals surface area contributed by atoms with E-state index in [0.29, 0.717) is 0 Å². The van der Waals surface area contributed by atoms with Crippen LogP contribution in [-0.4, -0.2) is 78.9 Å². The number of alkyl carbamates (subject to hydrolysis) is 1. The van der Waals surface area contributed by atoms with Gasteiger partial charge in [-0.1, -0.05) is 27.7 Å². The Morgan fingerprint density at radius 1 is 0.690 bits per heavy atom. The molecular formula is C29H51N3O10. The van der Waals surface area contributed by atoms with E-state index < -0.39 is 77.5 Å². The molecule has 0 rings (SSSR count). The predicted molar refractivity (Wildman–Crippen MR) is 154 cm³/mol. The number of rotatable bonds is 14. The van der Waals surface area contributed by atoms with E-state index in [2.05, 4.69) is 16.0 Å². The van der Waals surface area contributed by atoms with Crippen LogP contribution < -0.4 is 16.0 Å². The van der Waals surface area contributed by atoms with Crippen molar-refractivity contribution >= 4 is 35.8 Å². The number of ether oxygens (including phenoxy) is 4. The van der Waals surface area contributed by atoms with Gasteiger partial charge in [-0.3, -0.25) is 14.4 Å². The van der Waals surface area contributed by atoms with E-state index in [1.165, 1.54) is 0 Å². The molecule has 0 bridgehead atoms. The molecule has 42 heavy (non-hydrogen) atoms. The van der Waals surface area contributed by atoms with Gasteiger partial charge in [0.25, 0.3) is 5.91 Å². The van der Waals surface area contributed by atoms with Crippen molar-refractivity contribution in [3.63, 3.8) is 0 Å². The van der Waals surface area contributed by atoms with Gasteiger partial charge in [0, 0.05) is 12.8 Å². The topological polar surface area (TPSA) is 175 Å². The Morgan fingerprint density at radius 3 is 1.62 bits per heavy atom. The van der Waals surface area contributed by atoms with Crippen LogP contribution in [0.4, 0.5) is 4.79 Å².